The van der Waals surface area contributed by atoms with Crippen LogP contribution in [0.1, 0.15) is 24.5 Å². The summed E-state index contributed by atoms with van der Waals surface area (Å²) in [5.74, 6) is -7.32. The van der Waals surface area contributed by atoms with E-state index >= 15 is 0 Å². The summed E-state index contributed by atoms with van der Waals surface area (Å²) in [7, 11) is 0. The van der Waals surface area contributed by atoms with Crippen LogP contribution in [0.25, 0.3) is 6.08 Å². The first-order valence-corrected chi connectivity index (χ1v) is 11.2. The molecule has 2 atom stereocenters. The number of anilines is 1. The molecule has 2 aromatic carbocycles. The number of hydrogen-bond acceptors (Lipinski definition) is 8. The van der Waals surface area contributed by atoms with E-state index in [0.29, 0.717) is 10.5 Å². The van der Waals surface area contributed by atoms with Gasteiger partial charge in [-0.25, -0.2) is 14.5 Å². The molecule has 1 heterocycles. The van der Waals surface area contributed by atoms with Crippen molar-refractivity contribution in [3.05, 3.63) is 71.4 Å². The molecule has 7 N–H and O–H groups in total. The number of carbonyl (C=O) groups is 6. The topological polar surface area (TPSA) is 213 Å². The quantitative estimate of drug-likeness (QED) is 0.162. The van der Waals surface area contributed by atoms with Crippen molar-refractivity contribution < 1.29 is 39.0 Å². The predicted octanol–water partition coefficient (Wildman–Crippen LogP) is 0.243. The van der Waals surface area contributed by atoms with Crippen LogP contribution in [-0.4, -0.2) is 62.4 Å². The number of rotatable bonds is 10. The molecular formula is C25H25N5O8. The van der Waals surface area contributed by atoms with E-state index in [9.17, 15) is 33.9 Å². The molecule has 3 rings (SSSR count). The average Bonchev–Trinajstić information content (AvgIpc) is 3.14. The lowest BCUT2D eigenvalue weighted by Crippen LogP contribution is -2.74. The fourth-order valence-electron chi connectivity index (χ4n) is 3.99. The number of imide groups is 1. The summed E-state index contributed by atoms with van der Waals surface area (Å²) in [6, 6.07) is 10.3. The number of Topliss-reactive ketones (excluding diaryl/α,β-unsaturated/α-hetero) is 1. The van der Waals surface area contributed by atoms with Crippen LogP contribution < -0.4 is 21.7 Å². The van der Waals surface area contributed by atoms with Gasteiger partial charge >= 0.3 is 18.0 Å². The van der Waals surface area contributed by atoms with Gasteiger partial charge in [0, 0.05) is 12.2 Å². The molecule has 0 spiro atoms. The molecule has 0 saturated carbocycles. The Morgan fingerprint density at radius 2 is 1.66 bits per heavy atom. The van der Waals surface area contributed by atoms with E-state index in [4.69, 9.17) is 16.6 Å². The van der Waals surface area contributed by atoms with Gasteiger partial charge in [-0.15, -0.1) is 0 Å². The number of benzene rings is 2. The molecule has 13 heteroatoms. The zero-order valence-corrected chi connectivity index (χ0v) is 20.2. The molecule has 38 heavy (non-hydrogen) atoms. The molecule has 2 aromatic rings. The van der Waals surface area contributed by atoms with Crippen molar-refractivity contribution in [1.29, 1.82) is 0 Å². The van der Waals surface area contributed by atoms with E-state index in [1.54, 1.807) is 24.3 Å². The Hall–Kier alpha value is -4.88. The van der Waals surface area contributed by atoms with Gasteiger partial charge in [0.05, 0.1) is 12.5 Å². The Balaban J connectivity index is 2.22. The number of carboxylic acid groups (broad SMARTS) is 2. The second-order valence-corrected chi connectivity index (χ2v) is 8.32. The lowest BCUT2D eigenvalue weighted by Gasteiger charge is -2.43. The zero-order chi connectivity index (χ0) is 28.2. The molecule has 0 bridgehead atoms. The molecule has 0 unspecified atom stereocenters. The highest BCUT2D eigenvalue weighted by atomic mass is 16.4. The van der Waals surface area contributed by atoms with Crippen LogP contribution in [0.5, 0.6) is 0 Å². The van der Waals surface area contributed by atoms with E-state index in [1.807, 2.05) is 0 Å². The lowest BCUT2D eigenvalue weighted by atomic mass is 9.97. The highest BCUT2D eigenvalue weighted by molar-refractivity contribution is 6.26. The number of carbonyl (C=O) groups excluding carboxylic acids is 4. The highest BCUT2D eigenvalue weighted by Gasteiger charge is 2.63. The van der Waals surface area contributed by atoms with Crippen LogP contribution in [-0.2, 0) is 30.5 Å². The number of ketones is 1. The van der Waals surface area contributed by atoms with Crippen molar-refractivity contribution in [2.45, 2.75) is 31.6 Å². The number of urea groups is 1. The normalized spacial score (nSPS) is 16.5. The van der Waals surface area contributed by atoms with Crippen LogP contribution in [0.4, 0.5) is 10.5 Å². The Bertz CT molecular complexity index is 1310. The number of carboxylic acids is 2. The average molecular weight is 524 g/mol. The van der Waals surface area contributed by atoms with Crippen molar-refractivity contribution in [2.75, 3.05) is 4.90 Å². The number of para-hydroxylation sites is 1. The number of nitrogens with one attached hydrogen (secondary N) is 1. The van der Waals surface area contributed by atoms with Gasteiger partial charge in [0.2, 0.25) is 5.91 Å². The van der Waals surface area contributed by atoms with Crippen LogP contribution in [0.2, 0.25) is 0 Å². The van der Waals surface area contributed by atoms with Crippen molar-refractivity contribution in [2.24, 2.45) is 11.5 Å². The molecule has 1 fully saturated rings. The standard InChI is InChI=1S/C25H25N5O8/c1-14(31)25(23(36)37,29(17-5-3-2-4-6-17)21(34)18(27)12-20(32)33)30-22(35)19(28-24(30)38)11-15-7-9-16(13-26)10-8-15/h2-11,18H,12-13,26-27H2,1H3,(H,28,38)(H,32,33)(H,36,37)/t18-,25+/m0/s1. The minimum absolute atomic E-state index is 0.121. The number of nitrogens with two attached hydrogens (primary N) is 2. The van der Waals surface area contributed by atoms with Crippen LogP contribution in [0.15, 0.2) is 60.3 Å². The van der Waals surface area contributed by atoms with Crippen molar-refractivity contribution >= 4 is 47.3 Å². The molecule has 4 amide bonds. The maximum Gasteiger partial charge on any atom is 0.360 e. The second kappa shape index (κ2) is 11.0. The SMILES string of the molecule is CC(=O)[C@](C(=O)O)(N1C(=O)NC(=Cc2ccc(CN)cc2)C1=O)N(C(=O)[C@@H](N)CC(=O)O)c1ccccc1. The number of amides is 4. The summed E-state index contributed by atoms with van der Waals surface area (Å²) >= 11 is 0. The summed E-state index contributed by atoms with van der Waals surface area (Å²) in [6.45, 7) is 1.06. The van der Waals surface area contributed by atoms with E-state index in [0.717, 1.165) is 12.5 Å². The molecule has 13 nitrogen and oxygen atoms in total. The fraction of sp³-hybridized carbons (Fsp3) is 0.200. The molecule has 1 saturated heterocycles. The van der Waals surface area contributed by atoms with Crippen LogP contribution >= 0.6 is 0 Å². The Morgan fingerprint density at radius 1 is 1.05 bits per heavy atom. The third-order valence-corrected chi connectivity index (χ3v) is 5.79. The minimum atomic E-state index is -3.24. The summed E-state index contributed by atoms with van der Waals surface area (Å²) in [4.78, 5) is 77.8. The summed E-state index contributed by atoms with van der Waals surface area (Å²) in [5, 5.41) is 21.8. The van der Waals surface area contributed by atoms with Gasteiger partial charge < -0.3 is 27.0 Å². The first-order valence-electron chi connectivity index (χ1n) is 11.2. The summed E-state index contributed by atoms with van der Waals surface area (Å²) in [5.41, 5.74) is 8.79. The van der Waals surface area contributed by atoms with Gasteiger partial charge in [-0.1, -0.05) is 42.5 Å². The number of aliphatic carboxylic acids is 2. The first kappa shape index (κ1) is 27.7. The van der Waals surface area contributed by atoms with Gasteiger partial charge in [-0.2, -0.15) is 0 Å². The monoisotopic (exact) mass is 523 g/mol. The number of nitrogens with zero attached hydrogens (tertiary/aromatic N) is 2. The van der Waals surface area contributed by atoms with Gasteiger partial charge in [0.15, 0.2) is 5.78 Å². The van der Waals surface area contributed by atoms with E-state index in [-0.39, 0.29) is 22.8 Å². The molecular weight excluding hydrogens is 498 g/mol. The largest absolute Gasteiger partial charge is 0.481 e. The van der Waals surface area contributed by atoms with Crippen molar-refractivity contribution in [3.8, 4) is 0 Å². The third kappa shape index (κ3) is 5.00. The van der Waals surface area contributed by atoms with Gasteiger partial charge in [-0.05, 0) is 36.3 Å². The summed E-state index contributed by atoms with van der Waals surface area (Å²) in [6.07, 6.45) is 0.345. The van der Waals surface area contributed by atoms with E-state index in [2.05, 4.69) is 5.32 Å². The molecule has 1 aliphatic heterocycles. The Kier molecular flexibility index (Phi) is 8.04. The highest BCUT2D eigenvalue weighted by Crippen LogP contribution is 2.34. The molecule has 0 aliphatic carbocycles. The third-order valence-electron chi connectivity index (χ3n) is 5.79. The predicted molar refractivity (Wildman–Crippen MR) is 133 cm³/mol. The van der Waals surface area contributed by atoms with Gasteiger partial charge in [0.25, 0.3) is 11.6 Å². The molecule has 0 radical (unpaired) electrons. The fourth-order valence-corrected chi connectivity index (χ4v) is 3.99. The maximum absolute atomic E-state index is 13.5. The summed E-state index contributed by atoms with van der Waals surface area (Å²) < 4.78 is 0. The molecule has 198 valence electrons. The van der Waals surface area contributed by atoms with Crippen LogP contribution in [0, 0.1) is 0 Å². The molecule has 0 aromatic heterocycles. The van der Waals surface area contributed by atoms with Gasteiger partial charge in [-0.3, -0.25) is 24.1 Å². The van der Waals surface area contributed by atoms with Crippen molar-refractivity contribution in [1.82, 2.24) is 10.2 Å². The zero-order valence-electron chi connectivity index (χ0n) is 20.2. The van der Waals surface area contributed by atoms with E-state index < -0.39 is 53.7 Å². The Labute approximate surface area is 216 Å². The minimum Gasteiger partial charge on any atom is -0.481 e. The molecule has 1 aliphatic rings. The number of hydrogen-bond donors (Lipinski definition) is 5. The van der Waals surface area contributed by atoms with Crippen molar-refractivity contribution in [3.63, 3.8) is 0 Å². The van der Waals surface area contributed by atoms with E-state index in [1.165, 1.54) is 36.4 Å². The first-order chi connectivity index (χ1) is 17.9. The Morgan fingerprint density at radius 3 is 2.16 bits per heavy atom. The van der Waals surface area contributed by atoms with Crippen LogP contribution in [0.3, 0.4) is 0 Å². The maximum atomic E-state index is 13.5. The smallest absolute Gasteiger partial charge is 0.360 e. The van der Waals surface area contributed by atoms with Gasteiger partial charge in [0.1, 0.15) is 5.70 Å². The lowest BCUT2D eigenvalue weighted by molar-refractivity contribution is -0.160. The second-order valence-electron chi connectivity index (χ2n) is 8.32.